The zero-order valence-electron chi connectivity index (χ0n) is 9.29. The maximum Gasteiger partial charge on any atom is 0.236 e. The Balaban J connectivity index is 3.51. The van der Waals surface area contributed by atoms with Crippen LogP contribution in [0.25, 0.3) is 0 Å². The van der Waals surface area contributed by atoms with Gasteiger partial charge in [0.1, 0.15) is 0 Å². The summed E-state index contributed by atoms with van der Waals surface area (Å²) in [6.07, 6.45) is 2.50. The van der Waals surface area contributed by atoms with Gasteiger partial charge < -0.3 is 4.90 Å². The predicted octanol–water partition coefficient (Wildman–Crippen LogP) is 0.700. The van der Waals surface area contributed by atoms with Crippen LogP contribution in [0.5, 0.6) is 0 Å². The molecule has 0 saturated heterocycles. The average Bonchev–Trinajstić information content (AvgIpc) is 2.12. The molecule has 0 heterocycles. The quantitative estimate of drug-likeness (QED) is 0.589. The molecule has 0 bridgehead atoms. The van der Waals surface area contributed by atoms with Crippen molar-refractivity contribution in [2.24, 2.45) is 0 Å². The number of hydrogen-bond acceptors (Lipinski definition) is 3. The zero-order chi connectivity index (χ0) is 11.0. The Morgan fingerprint density at radius 1 is 1.29 bits per heavy atom. The molecule has 0 fully saturated rings. The Bertz CT molecular complexity index is 208. The Morgan fingerprint density at radius 3 is 2.43 bits per heavy atom. The van der Waals surface area contributed by atoms with Crippen LogP contribution in [0, 0.1) is 11.3 Å². The molecule has 1 amide bonds. The number of carbonyl (C=O) groups is 1. The monoisotopic (exact) mass is 197 g/mol. The molecule has 0 aliphatic carbocycles. The molecule has 0 unspecified atom stereocenters. The van der Waals surface area contributed by atoms with E-state index in [0.717, 1.165) is 19.4 Å². The van der Waals surface area contributed by atoms with Crippen LogP contribution in [0.4, 0.5) is 0 Å². The van der Waals surface area contributed by atoms with Crippen LogP contribution < -0.4 is 0 Å². The van der Waals surface area contributed by atoms with E-state index in [4.69, 9.17) is 5.26 Å². The lowest BCUT2D eigenvalue weighted by atomic mass is 10.2. The Hall–Kier alpha value is -1.08. The fourth-order valence-corrected chi connectivity index (χ4v) is 1.04. The molecule has 4 heteroatoms. The van der Waals surface area contributed by atoms with Gasteiger partial charge in [-0.2, -0.15) is 5.26 Å². The van der Waals surface area contributed by atoms with Crippen LogP contribution >= 0.6 is 0 Å². The van der Waals surface area contributed by atoms with Gasteiger partial charge in [0.15, 0.2) is 0 Å². The second-order valence-corrected chi connectivity index (χ2v) is 3.64. The van der Waals surface area contributed by atoms with Gasteiger partial charge in [-0.25, -0.2) is 0 Å². The highest BCUT2D eigenvalue weighted by atomic mass is 16.2. The standard InChI is InChI=1S/C10H19N3O/c1-12(2)10(14)9-13(3)8-6-4-5-7-11/h4-6,8-9H2,1-3H3. The summed E-state index contributed by atoms with van der Waals surface area (Å²) in [4.78, 5) is 14.8. The van der Waals surface area contributed by atoms with Crippen molar-refractivity contribution in [1.82, 2.24) is 9.80 Å². The second-order valence-electron chi connectivity index (χ2n) is 3.64. The predicted molar refractivity (Wildman–Crippen MR) is 55.7 cm³/mol. The second kappa shape index (κ2) is 7.34. The minimum Gasteiger partial charge on any atom is -0.348 e. The molecular formula is C10H19N3O. The smallest absolute Gasteiger partial charge is 0.236 e. The van der Waals surface area contributed by atoms with Gasteiger partial charge in [-0.1, -0.05) is 0 Å². The molecular weight excluding hydrogens is 178 g/mol. The van der Waals surface area contributed by atoms with Crippen LogP contribution in [0.3, 0.4) is 0 Å². The first-order valence-electron chi connectivity index (χ1n) is 4.83. The molecule has 0 radical (unpaired) electrons. The van der Waals surface area contributed by atoms with Crippen molar-refractivity contribution < 1.29 is 4.79 Å². The van der Waals surface area contributed by atoms with Crippen molar-refractivity contribution in [3.8, 4) is 6.07 Å². The van der Waals surface area contributed by atoms with Crippen molar-refractivity contribution in [3.63, 3.8) is 0 Å². The van der Waals surface area contributed by atoms with E-state index in [2.05, 4.69) is 6.07 Å². The number of rotatable bonds is 6. The first-order valence-corrected chi connectivity index (χ1v) is 4.83. The third-order valence-electron chi connectivity index (χ3n) is 1.98. The summed E-state index contributed by atoms with van der Waals surface area (Å²) < 4.78 is 0. The Morgan fingerprint density at radius 2 is 1.93 bits per heavy atom. The first-order chi connectivity index (χ1) is 6.57. The summed E-state index contributed by atoms with van der Waals surface area (Å²) in [5.74, 6) is 0.118. The summed E-state index contributed by atoms with van der Waals surface area (Å²) in [6.45, 7) is 1.33. The van der Waals surface area contributed by atoms with E-state index < -0.39 is 0 Å². The summed E-state index contributed by atoms with van der Waals surface area (Å²) in [5.41, 5.74) is 0. The lowest BCUT2D eigenvalue weighted by Crippen LogP contribution is -2.34. The minimum absolute atomic E-state index is 0.118. The van der Waals surface area contributed by atoms with Gasteiger partial charge in [0.25, 0.3) is 0 Å². The van der Waals surface area contributed by atoms with Crippen LogP contribution in [0.2, 0.25) is 0 Å². The molecule has 0 aromatic carbocycles. The fourth-order valence-electron chi connectivity index (χ4n) is 1.04. The van der Waals surface area contributed by atoms with Gasteiger partial charge in [0, 0.05) is 20.5 Å². The average molecular weight is 197 g/mol. The molecule has 0 atom stereocenters. The van der Waals surface area contributed by atoms with Crippen molar-refractivity contribution in [1.29, 1.82) is 5.26 Å². The summed E-state index contributed by atoms with van der Waals surface area (Å²) in [6, 6.07) is 2.11. The topological polar surface area (TPSA) is 47.3 Å². The molecule has 0 aliphatic heterocycles. The molecule has 0 saturated carbocycles. The van der Waals surface area contributed by atoms with Crippen molar-refractivity contribution >= 4 is 5.91 Å². The van der Waals surface area contributed by atoms with E-state index in [1.807, 2.05) is 11.9 Å². The third-order valence-corrected chi connectivity index (χ3v) is 1.98. The highest BCUT2D eigenvalue weighted by Crippen LogP contribution is 1.96. The summed E-state index contributed by atoms with van der Waals surface area (Å²) in [7, 11) is 5.44. The van der Waals surface area contributed by atoms with Gasteiger partial charge in [0.05, 0.1) is 12.6 Å². The molecule has 0 rings (SSSR count). The number of amides is 1. The third kappa shape index (κ3) is 6.44. The number of carbonyl (C=O) groups excluding carboxylic acids is 1. The van der Waals surface area contributed by atoms with Crippen molar-refractivity contribution in [3.05, 3.63) is 0 Å². The number of likely N-dealkylation sites (N-methyl/N-ethyl adjacent to an activating group) is 2. The molecule has 80 valence electrons. The van der Waals surface area contributed by atoms with Crippen LogP contribution in [-0.2, 0) is 4.79 Å². The van der Waals surface area contributed by atoms with Crippen LogP contribution in [-0.4, -0.2) is 49.9 Å². The molecule has 4 nitrogen and oxygen atoms in total. The van der Waals surface area contributed by atoms with Gasteiger partial charge in [0.2, 0.25) is 5.91 Å². The maximum atomic E-state index is 11.3. The van der Waals surface area contributed by atoms with E-state index >= 15 is 0 Å². The normalized spacial score (nSPS) is 9.93. The van der Waals surface area contributed by atoms with Gasteiger partial charge in [-0.3, -0.25) is 9.69 Å². The number of hydrogen-bond donors (Lipinski definition) is 0. The maximum absolute atomic E-state index is 11.3. The number of nitriles is 1. The zero-order valence-corrected chi connectivity index (χ0v) is 9.29. The Labute approximate surface area is 86.1 Å². The van der Waals surface area contributed by atoms with E-state index in [1.165, 1.54) is 0 Å². The molecule has 0 aliphatic rings. The van der Waals surface area contributed by atoms with Crippen LogP contribution in [0.15, 0.2) is 0 Å². The highest BCUT2D eigenvalue weighted by molar-refractivity contribution is 5.77. The lowest BCUT2D eigenvalue weighted by molar-refractivity contribution is -0.129. The molecule has 14 heavy (non-hydrogen) atoms. The molecule has 0 aromatic rings. The van der Waals surface area contributed by atoms with E-state index in [1.54, 1.807) is 19.0 Å². The van der Waals surface area contributed by atoms with Crippen molar-refractivity contribution in [2.75, 3.05) is 34.2 Å². The van der Waals surface area contributed by atoms with Gasteiger partial charge in [-0.05, 0) is 26.4 Å². The largest absolute Gasteiger partial charge is 0.348 e. The first kappa shape index (κ1) is 12.9. The number of nitrogens with zero attached hydrogens (tertiary/aromatic N) is 3. The van der Waals surface area contributed by atoms with Crippen molar-refractivity contribution in [2.45, 2.75) is 19.3 Å². The van der Waals surface area contributed by atoms with E-state index in [9.17, 15) is 4.79 Å². The van der Waals surface area contributed by atoms with E-state index in [0.29, 0.717) is 13.0 Å². The van der Waals surface area contributed by atoms with Gasteiger partial charge in [-0.15, -0.1) is 0 Å². The van der Waals surface area contributed by atoms with Gasteiger partial charge >= 0.3 is 0 Å². The highest BCUT2D eigenvalue weighted by Gasteiger charge is 2.07. The molecule has 0 N–H and O–H groups in total. The minimum atomic E-state index is 0.118. The molecule has 0 aromatic heterocycles. The fraction of sp³-hybridized carbons (Fsp3) is 0.800. The summed E-state index contributed by atoms with van der Waals surface area (Å²) in [5, 5.41) is 8.33. The lowest BCUT2D eigenvalue weighted by Gasteiger charge is -2.18. The SMILES string of the molecule is CN(CCCCC#N)CC(=O)N(C)C. The molecule has 0 spiro atoms. The summed E-state index contributed by atoms with van der Waals surface area (Å²) >= 11 is 0. The number of unbranched alkanes of at least 4 members (excludes halogenated alkanes) is 2. The Kier molecular flexibility index (Phi) is 6.77. The van der Waals surface area contributed by atoms with E-state index in [-0.39, 0.29) is 5.91 Å². The van der Waals surface area contributed by atoms with Crippen LogP contribution in [0.1, 0.15) is 19.3 Å².